The van der Waals surface area contributed by atoms with Crippen LogP contribution in [0.4, 0.5) is 0 Å². The Morgan fingerprint density at radius 2 is 1.33 bits per heavy atom. The van der Waals surface area contributed by atoms with E-state index >= 15 is 0 Å². The molecule has 0 aromatic heterocycles. The predicted octanol–water partition coefficient (Wildman–Crippen LogP) is -0.343. The van der Waals surface area contributed by atoms with Gasteiger partial charge in [-0.05, 0) is 6.92 Å². The lowest BCUT2D eigenvalue weighted by Crippen LogP contribution is -2.19. The summed E-state index contributed by atoms with van der Waals surface area (Å²) in [6.07, 6.45) is -0.882. The maximum Gasteiger partial charge on any atom is 0.330 e. The molecule has 144 valence electrons. The molecule has 1 atom stereocenters. The van der Waals surface area contributed by atoms with E-state index in [1.165, 1.54) is 14.0 Å². The number of aliphatic carboxylic acids is 1. The van der Waals surface area contributed by atoms with E-state index in [-0.39, 0.29) is 18.8 Å². The number of aliphatic hydroxyl groups excluding tert-OH is 2. The molecular weight excluding hydrogens is 324 g/mol. The molecule has 0 heterocycles. The molecule has 0 rings (SSSR count). The third kappa shape index (κ3) is 23.2. The molecule has 1 unspecified atom stereocenters. The topological polar surface area (TPSA) is 124 Å². The Morgan fingerprint density at radius 1 is 0.958 bits per heavy atom. The van der Waals surface area contributed by atoms with Gasteiger partial charge in [-0.2, -0.15) is 0 Å². The molecule has 0 aromatic carbocycles. The zero-order chi connectivity index (χ0) is 18.6. The number of rotatable bonds is 15. The Bertz CT molecular complexity index is 285. The van der Waals surface area contributed by atoms with Crippen LogP contribution < -0.4 is 0 Å². The monoisotopic (exact) mass is 354 g/mol. The third-order valence-corrected chi connectivity index (χ3v) is 2.25. The summed E-state index contributed by atoms with van der Waals surface area (Å²) >= 11 is 0. The number of carbonyl (C=O) groups is 1. The fourth-order valence-electron chi connectivity index (χ4n) is 0.976. The molecule has 9 heteroatoms. The van der Waals surface area contributed by atoms with Crippen molar-refractivity contribution in [2.45, 2.75) is 13.2 Å². The Hall–Kier alpha value is -1.07. The highest BCUT2D eigenvalue weighted by Crippen LogP contribution is 1.86. The number of aliphatic hydroxyl groups is 2. The average molecular weight is 354 g/mol. The molecule has 0 amide bonds. The minimum absolute atomic E-state index is 0.0287. The Balaban J connectivity index is 0. The molecule has 0 aliphatic rings. The molecule has 0 radical (unpaired) electrons. The van der Waals surface area contributed by atoms with Crippen molar-refractivity contribution < 1.29 is 43.8 Å². The van der Waals surface area contributed by atoms with Crippen LogP contribution >= 0.6 is 0 Å². The number of hydrogen-bond acceptors (Lipinski definition) is 8. The van der Waals surface area contributed by atoms with Crippen molar-refractivity contribution in [2.24, 2.45) is 0 Å². The highest BCUT2D eigenvalue weighted by atomic mass is 16.6. The molecule has 0 spiro atoms. The van der Waals surface area contributed by atoms with E-state index in [4.69, 9.17) is 34.3 Å². The van der Waals surface area contributed by atoms with Crippen LogP contribution in [0.3, 0.4) is 0 Å². The second-order valence-corrected chi connectivity index (χ2v) is 4.41. The summed E-state index contributed by atoms with van der Waals surface area (Å²) in [4.78, 5) is 9.60. The van der Waals surface area contributed by atoms with Crippen LogP contribution in [0.1, 0.15) is 6.92 Å². The molecule has 0 bridgehead atoms. The summed E-state index contributed by atoms with van der Waals surface area (Å²) < 4.78 is 25.1. The first-order valence-electron chi connectivity index (χ1n) is 7.47. The lowest BCUT2D eigenvalue weighted by Gasteiger charge is -2.09. The second kappa shape index (κ2) is 20.0. The van der Waals surface area contributed by atoms with Crippen LogP contribution in [-0.4, -0.2) is 94.2 Å². The quantitative estimate of drug-likeness (QED) is 0.206. The van der Waals surface area contributed by atoms with Gasteiger partial charge in [0.2, 0.25) is 0 Å². The van der Waals surface area contributed by atoms with Crippen LogP contribution in [0.5, 0.6) is 0 Å². The van der Waals surface area contributed by atoms with Gasteiger partial charge in [0.1, 0.15) is 0 Å². The molecule has 0 aromatic rings. The molecule has 9 nitrogen and oxygen atoms in total. The van der Waals surface area contributed by atoms with E-state index < -0.39 is 12.3 Å². The number of carboxylic acid groups (broad SMARTS) is 1. The first kappa shape index (κ1) is 25.2. The third-order valence-electron chi connectivity index (χ3n) is 2.25. The first-order chi connectivity index (χ1) is 11.5. The predicted molar refractivity (Wildman–Crippen MR) is 85.8 cm³/mol. The van der Waals surface area contributed by atoms with Gasteiger partial charge in [-0.3, -0.25) is 0 Å². The van der Waals surface area contributed by atoms with Crippen LogP contribution in [0.2, 0.25) is 0 Å². The minimum Gasteiger partial charge on any atom is -0.478 e. The fourth-order valence-corrected chi connectivity index (χ4v) is 0.976. The van der Waals surface area contributed by atoms with Crippen LogP contribution in [0, 0.1) is 0 Å². The van der Waals surface area contributed by atoms with E-state index in [1.807, 2.05) is 0 Å². The standard InChI is InChI=1S/C11H24O7.C4H6O2/c1-14-11(13)10-18-9-8-17-7-6-16-5-4-15-3-2-12;1-3(2)4(5)6/h11-13H,2-10H2,1H3;1H2,2H3,(H,5,6). The maximum absolute atomic E-state index is 9.60. The van der Waals surface area contributed by atoms with Crippen LogP contribution in [0.15, 0.2) is 12.2 Å². The summed E-state index contributed by atoms with van der Waals surface area (Å²) in [6.45, 7) is 7.88. The summed E-state index contributed by atoms with van der Waals surface area (Å²) in [7, 11) is 1.41. The van der Waals surface area contributed by atoms with Gasteiger partial charge < -0.3 is 39.0 Å². The van der Waals surface area contributed by atoms with Gasteiger partial charge >= 0.3 is 5.97 Å². The van der Waals surface area contributed by atoms with Gasteiger partial charge in [-0.1, -0.05) is 6.58 Å². The Morgan fingerprint density at radius 3 is 1.67 bits per heavy atom. The van der Waals surface area contributed by atoms with E-state index in [2.05, 4.69) is 11.3 Å². The Kier molecular flexibility index (Phi) is 21.0. The fraction of sp³-hybridized carbons (Fsp3) is 0.800. The molecular formula is C15H30O9. The summed E-state index contributed by atoms with van der Waals surface area (Å²) in [6, 6.07) is 0. The zero-order valence-corrected chi connectivity index (χ0v) is 14.4. The van der Waals surface area contributed by atoms with E-state index in [0.717, 1.165) is 0 Å². The highest BCUT2D eigenvalue weighted by Gasteiger charge is 1.99. The van der Waals surface area contributed by atoms with Crippen molar-refractivity contribution in [2.75, 3.05) is 66.6 Å². The average Bonchev–Trinajstić information content (AvgIpc) is 2.56. The molecule has 0 saturated carbocycles. The Labute approximate surface area is 142 Å². The van der Waals surface area contributed by atoms with Gasteiger partial charge in [0.15, 0.2) is 6.29 Å². The largest absolute Gasteiger partial charge is 0.478 e. The number of ether oxygens (including phenoxy) is 5. The normalized spacial score (nSPS) is 11.5. The zero-order valence-electron chi connectivity index (χ0n) is 14.4. The van der Waals surface area contributed by atoms with Gasteiger partial charge in [-0.25, -0.2) is 4.79 Å². The number of carboxylic acids is 1. The summed E-state index contributed by atoms with van der Waals surface area (Å²) in [5.41, 5.74) is 0.176. The van der Waals surface area contributed by atoms with Crippen molar-refractivity contribution in [1.29, 1.82) is 0 Å². The van der Waals surface area contributed by atoms with Crippen molar-refractivity contribution in [1.82, 2.24) is 0 Å². The van der Waals surface area contributed by atoms with Crippen LogP contribution in [-0.2, 0) is 28.5 Å². The molecule has 0 aliphatic carbocycles. The summed E-state index contributed by atoms with van der Waals surface area (Å²) in [5.74, 6) is -0.935. The molecule has 0 fully saturated rings. The van der Waals surface area contributed by atoms with Crippen molar-refractivity contribution in [3.63, 3.8) is 0 Å². The van der Waals surface area contributed by atoms with Crippen molar-refractivity contribution in [3.05, 3.63) is 12.2 Å². The van der Waals surface area contributed by atoms with E-state index in [0.29, 0.717) is 46.2 Å². The summed E-state index contributed by atoms with van der Waals surface area (Å²) in [5, 5.41) is 25.3. The molecule has 0 saturated heterocycles. The highest BCUT2D eigenvalue weighted by molar-refractivity contribution is 5.84. The minimum atomic E-state index is -0.935. The second-order valence-electron chi connectivity index (χ2n) is 4.41. The van der Waals surface area contributed by atoms with Gasteiger partial charge in [0.05, 0.1) is 59.5 Å². The van der Waals surface area contributed by atoms with E-state index in [9.17, 15) is 4.79 Å². The van der Waals surface area contributed by atoms with Crippen LogP contribution in [0.25, 0.3) is 0 Å². The van der Waals surface area contributed by atoms with Gasteiger partial charge in [0, 0.05) is 12.7 Å². The number of hydrogen-bond donors (Lipinski definition) is 3. The maximum atomic E-state index is 9.60. The van der Waals surface area contributed by atoms with E-state index in [1.54, 1.807) is 0 Å². The van der Waals surface area contributed by atoms with Crippen molar-refractivity contribution >= 4 is 5.97 Å². The first-order valence-corrected chi connectivity index (χ1v) is 7.47. The van der Waals surface area contributed by atoms with Crippen molar-refractivity contribution in [3.8, 4) is 0 Å². The van der Waals surface area contributed by atoms with Gasteiger partial charge in [-0.15, -0.1) is 0 Å². The lowest BCUT2D eigenvalue weighted by atomic mass is 10.4. The molecule has 3 N–H and O–H groups in total. The SMILES string of the molecule is C=C(C)C(=O)O.COC(O)COCCOCCOCCOCCO. The smallest absolute Gasteiger partial charge is 0.330 e. The molecule has 0 aliphatic heterocycles. The number of methoxy groups -OCH3 is 1. The van der Waals surface area contributed by atoms with Gasteiger partial charge in [0.25, 0.3) is 0 Å². The lowest BCUT2D eigenvalue weighted by molar-refractivity contribution is -0.132. The molecule has 24 heavy (non-hydrogen) atoms.